The summed E-state index contributed by atoms with van der Waals surface area (Å²) in [5.74, 6) is 0.628. The summed E-state index contributed by atoms with van der Waals surface area (Å²) in [6, 6.07) is 54.3. The summed E-state index contributed by atoms with van der Waals surface area (Å²) in [6.07, 6.45) is 7.28. The Labute approximate surface area is 321 Å². The van der Waals surface area contributed by atoms with Crippen LogP contribution in [0.4, 0.5) is 0 Å². The van der Waals surface area contributed by atoms with Gasteiger partial charge in [-0.25, -0.2) is 9.97 Å². The van der Waals surface area contributed by atoms with Gasteiger partial charge in [0.05, 0.1) is 11.4 Å². The smallest absolute Gasteiger partial charge is 0.160 e. The number of aromatic nitrogens is 4. The van der Waals surface area contributed by atoms with Crippen LogP contribution < -0.4 is 0 Å². The van der Waals surface area contributed by atoms with Crippen molar-refractivity contribution >= 4 is 43.9 Å². The number of hydrogen-bond donors (Lipinski definition) is 0. The number of para-hydroxylation sites is 2. The zero-order valence-corrected chi connectivity index (χ0v) is 29.9. The Kier molecular flexibility index (Phi) is 7.38. The standard InChI is InChI=1S/C50H30N4O2/c1-3-11-46-40(9-1)42-26-33(17-19-48(42)55-46)37-23-38(34-18-20-49-43(27-34)41-10-2-4-12-47(41)56-49)25-39(24-37)45-28-44(36-8-6-22-52-30-36)53-50(54-45)32-15-13-31(14-16-32)35-7-5-21-51-29-35/h1-30H. The molecule has 5 aromatic heterocycles. The summed E-state index contributed by atoms with van der Waals surface area (Å²) in [5.41, 5.74) is 14.3. The predicted octanol–water partition coefficient (Wildman–Crippen LogP) is 13.1. The van der Waals surface area contributed by atoms with Gasteiger partial charge >= 0.3 is 0 Å². The second kappa shape index (κ2) is 13.0. The average Bonchev–Trinajstić information content (AvgIpc) is 3.84. The van der Waals surface area contributed by atoms with Gasteiger partial charge in [-0.2, -0.15) is 0 Å². The Balaban J connectivity index is 1.11. The molecule has 0 aliphatic carbocycles. The van der Waals surface area contributed by atoms with Crippen LogP contribution in [-0.2, 0) is 0 Å². The highest BCUT2D eigenvalue weighted by atomic mass is 16.3. The van der Waals surface area contributed by atoms with Crippen molar-refractivity contribution in [1.29, 1.82) is 0 Å². The van der Waals surface area contributed by atoms with E-state index in [-0.39, 0.29) is 0 Å². The fourth-order valence-electron chi connectivity index (χ4n) is 7.65. The highest BCUT2D eigenvalue weighted by molar-refractivity contribution is 6.07. The van der Waals surface area contributed by atoms with E-state index in [2.05, 4.69) is 125 Å². The Hall–Kier alpha value is -7.70. The van der Waals surface area contributed by atoms with Gasteiger partial charge in [-0.05, 0) is 112 Å². The van der Waals surface area contributed by atoms with E-state index >= 15 is 0 Å². The van der Waals surface area contributed by atoms with E-state index in [1.165, 1.54) is 0 Å². The third kappa shape index (κ3) is 5.60. The van der Waals surface area contributed by atoms with Crippen LogP contribution in [0.25, 0.3) is 111 Å². The molecule has 0 unspecified atom stereocenters. The van der Waals surface area contributed by atoms with Crippen molar-refractivity contribution in [2.24, 2.45) is 0 Å². The molecule has 0 aliphatic rings. The van der Waals surface area contributed by atoms with Crippen LogP contribution in [0.3, 0.4) is 0 Å². The van der Waals surface area contributed by atoms with Gasteiger partial charge < -0.3 is 8.83 Å². The molecule has 6 heteroatoms. The molecule has 56 heavy (non-hydrogen) atoms. The van der Waals surface area contributed by atoms with Crippen molar-refractivity contribution in [3.05, 3.63) is 183 Å². The fourth-order valence-corrected chi connectivity index (χ4v) is 7.65. The number of pyridine rings is 2. The first kappa shape index (κ1) is 31.8. The summed E-state index contributed by atoms with van der Waals surface area (Å²) in [5, 5.41) is 4.34. The minimum absolute atomic E-state index is 0.628. The zero-order valence-electron chi connectivity index (χ0n) is 29.9. The normalized spacial score (nSPS) is 11.6. The van der Waals surface area contributed by atoms with Gasteiger partial charge in [0.25, 0.3) is 0 Å². The number of fused-ring (bicyclic) bond motifs is 6. The molecule has 0 atom stereocenters. The second-order valence-corrected chi connectivity index (χ2v) is 13.9. The molecular weight excluding hydrogens is 689 g/mol. The third-order valence-corrected chi connectivity index (χ3v) is 10.5. The Morgan fingerprint density at radius 1 is 0.304 bits per heavy atom. The van der Waals surface area contributed by atoms with E-state index in [0.717, 1.165) is 105 Å². The summed E-state index contributed by atoms with van der Waals surface area (Å²) in [7, 11) is 0. The van der Waals surface area contributed by atoms with E-state index in [1.807, 2.05) is 54.9 Å². The van der Waals surface area contributed by atoms with E-state index in [1.54, 1.807) is 12.4 Å². The van der Waals surface area contributed by atoms with Crippen LogP contribution in [0, 0.1) is 0 Å². The molecular formula is C50H30N4O2. The molecule has 6 aromatic carbocycles. The first-order chi connectivity index (χ1) is 27.7. The van der Waals surface area contributed by atoms with Gasteiger partial charge in [0, 0.05) is 63.0 Å². The number of furan rings is 2. The molecule has 6 nitrogen and oxygen atoms in total. The highest BCUT2D eigenvalue weighted by Gasteiger charge is 2.16. The largest absolute Gasteiger partial charge is 0.456 e. The lowest BCUT2D eigenvalue weighted by atomic mass is 9.93. The summed E-state index contributed by atoms with van der Waals surface area (Å²) >= 11 is 0. The van der Waals surface area contributed by atoms with E-state index in [0.29, 0.717) is 5.82 Å². The number of rotatable bonds is 6. The lowest BCUT2D eigenvalue weighted by Crippen LogP contribution is -1.97. The summed E-state index contributed by atoms with van der Waals surface area (Å²) in [4.78, 5) is 19.1. The van der Waals surface area contributed by atoms with Crippen LogP contribution >= 0.6 is 0 Å². The number of benzene rings is 6. The first-order valence-corrected chi connectivity index (χ1v) is 18.5. The molecule has 0 radical (unpaired) electrons. The Morgan fingerprint density at radius 3 is 1.36 bits per heavy atom. The summed E-state index contributed by atoms with van der Waals surface area (Å²) in [6.45, 7) is 0. The maximum absolute atomic E-state index is 6.21. The van der Waals surface area contributed by atoms with Gasteiger partial charge in [0.15, 0.2) is 5.82 Å². The van der Waals surface area contributed by atoms with Crippen molar-refractivity contribution in [2.75, 3.05) is 0 Å². The van der Waals surface area contributed by atoms with Gasteiger partial charge in [-0.1, -0.05) is 78.9 Å². The SMILES string of the molecule is c1cncc(-c2ccc(-c3nc(-c4cccnc4)cc(-c4cc(-c5ccc6oc7ccccc7c6c5)cc(-c5ccc6oc7ccccc7c6c5)c4)n3)cc2)c1. The van der Waals surface area contributed by atoms with E-state index in [4.69, 9.17) is 18.8 Å². The van der Waals surface area contributed by atoms with Crippen LogP contribution in [0.15, 0.2) is 191 Å². The van der Waals surface area contributed by atoms with E-state index in [9.17, 15) is 0 Å². The number of nitrogens with zero attached hydrogens (tertiary/aromatic N) is 4. The van der Waals surface area contributed by atoms with Crippen LogP contribution in [0.1, 0.15) is 0 Å². The minimum Gasteiger partial charge on any atom is -0.456 e. The monoisotopic (exact) mass is 718 g/mol. The van der Waals surface area contributed by atoms with Crippen molar-refractivity contribution in [2.45, 2.75) is 0 Å². The molecule has 11 aromatic rings. The summed E-state index contributed by atoms with van der Waals surface area (Å²) < 4.78 is 12.4. The molecule has 0 saturated carbocycles. The number of hydrogen-bond acceptors (Lipinski definition) is 6. The molecule has 0 spiro atoms. The maximum atomic E-state index is 6.21. The molecule has 5 heterocycles. The molecule has 0 amide bonds. The van der Waals surface area contributed by atoms with Crippen LogP contribution in [-0.4, -0.2) is 19.9 Å². The van der Waals surface area contributed by atoms with Crippen LogP contribution in [0.5, 0.6) is 0 Å². The lowest BCUT2D eigenvalue weighted by molar-refractivity contribution is 0.668. The lowest BCUT2D eigenvalue weighted by Gasteiger charge is -2.13. The highest BCUT2D eigenvalue weighted by Crippen LogP contribution is 2.39. The predicted molar refractivity (Wildman–Crippen MR) is 225 cm³/mol. The van der Waals surface area contributed by atoms with Gasteiger partial charge in [-0.3, -0.25) is 9.97 Å². The van der Waals surface area contributed by atoms with Gasteiger partial charge in [0.2, 0.25) is 0 Å². The fraction of sp³-hybridized carbons (Fsp3) is 0. The maximum Gasteiger partial charge on any atom is 0.160 e. The van der Waals surface area contributed by atoms with Crippen LogP contribution in [0.2, 0.25) is 0 Å². The van der Waals surface area contributed by atoms with Crippen molar-refractivity contribution in [1.82, 2.24) is 19.9 Å². The third-order valence-electron chi connectivity index (χ3n) is 10.5. The molecule has 0 aliphatic heterocycles. The molecule has 0 bridgehead atoms. The average molecular weight is 719 g/mol. The molecule has 262 valence electrons. The first-order valence-electron chi connectivity index (χ1n) is 18.5. The van der Waals surface area contributed by atoms with Gasteiger partial charge in [0.1, 0.15) is 22.3 Å². The van der Waals surface area contributed by atoms with Crippen molar-refractivity contribution < 1.29 is 8.83 Å². The second-order valence-electron chi connectivity index (χ2n) is 13.9. The molecule has 0 saturated heterocycles. The topological polar surface area (TPSA) is 77.8 Å². The Morgan fingerprint density at radius 2 is 0.786 bits per heavy atom. The Bertz CT molecular complexity index is 3110. The molecule has 11 rings (SSSR count). The molecule has 0 fully saturated rings. The molecule has 0 N–H and O–H groups in total. The quantitative estimate of drug-likeness (QED) is 0.170. The van der Waals surface area contributed by atoms with Gasteiger partial charge in [-0.15, -0.1) is 0 Å². The van der Waals surface area contributed by atoms with E-state index < -0.39 is 0 Å². The van der Waals surface area contributed by atoms with Crippen molar-refractivity contribution in [3.8, 4) is 67.3 Å². The zero-order chi connectivity index (χ0) is 37.0. The minimum atomic E-state index is 0.628. The van der Waals surface area contributed by atoms with Crippen molar-refractivity contribution in [3.63, 3.8) is 0 Å².